The minimum atomic E-state index is -0.337. The molecular weight excluding hydrogens is 721 g/mol. The van der Waals surface area contributed by atoms with Crippen molar-refractivity contribution in [2.45, 2.75) is 0 Å². The third-order valence-electron chi connectivity index (χ3n) is 12.3. The lowest BCUT2D eigenvalue weighted by Gasteiger charge is -2.33. The Bertz CT molecular complexity index is 3490. The summed E-state index contributed by atoms with van der Waals surface area (Å²) in [5.41, 5.74) is 16.3. The maximum atomic E-state index is 6.96. The van der Waals surface area contributed by atoms with Crippen LogP contribution in [0.2, 0.25) is 0 Å². The zero-order chi connectivity index (χ0) is 38.6. The lowest BCUT2D eigenvalue weighted by molar-refractivity contribution is 0.479. The van der Waals surface area contributed by atoms with E-state index in [9.17, 15) is 0 Å². The van der Waals surface area contributed by atoms with E-state index < -0.39 is 0 Å². The van der Waals surface area contributed by atoms with E-state index in [1.807, 2.05) is 12.1 Å². The van der Waals surface area contributed by atoms with Crippen LogP contribution in [0.1, 0.15) is 0 Å². The first-order chi connectivity index (χ1) is 29.2. The Morgan fingerprint density at radius 3 is 1.88 bits per heavy atom. The molecule has 13 rings (SSSR count). The Kier molecular flexibility index (Phi) is 6.78. The van der Waals surface area contributed by atoms with Crippen molar-refractivity contribution in [2.24, 2.45) is 0 Å². The Balaban J connectivity index is 0.933. The highest BCUT2D eigenvalue weighted by atomic mass is 16.5. The molecule has 4 heterocycles. The van der Waals surface area contributed by atoms with Gasteiger partial charge in [0.25, 0.3) is 0 Å². The largest absolute Gasteiger partial charge is 0.551 e. The topological polar surface area (TPSA) is 36.5 Å². The zero-order valence-electron chi connectivity index (χ0n) is 31.7. The standard InChI is InChI=1S/C54H32BNO3/c1-6-19-46(56-47-20-7-2-15-39(47)40-16-3-8-21-48(40)56)38(14-1)36-25-27-52-45(31-36)55-54-44(42-18-5-10-23-51(42)59-55)30-37(32-53(54)58-52)34-13-11-12-33(28-34)35-24-26-50-43(29-35)41-17-4-9-22-49(41)57-50/h1-32H. The smallest absolute Gasteiger partial charge is 0.434 e. The minimum absolute atomic E-state index is 0.337. The quantitative estimate of drug-likeness (QED) is 0.168. The molecule has 4 nitrogen and oxygen atoms in total. The van der Waals surface area contributed by atoms with Crippen molar-refractivity contribution in [3.8, 4) is 67.4 Å². The maximum Gasteiger partial charge on any atom is 0.434 e. The van der Waals surface area contributed by atoms with Crippen LogP contribution in [0.3, 0.4) is 0 Å². The van der Waals surface area contributed by atoms with Crippen LogP contribution in [0.4, 0.5) is 0 Å². The van der Waals surface area contributed by atoms with Gasteiger partial charge < -0.3 is 18.4 Å². The summed E-state index contributed by atoms with van der Waals surface area (Å²) in [6.45, 7) is -0.337. The molecular formula is C54H32BNO3. The summed E-state index contributed by atoms with van der Waals surface area (Å²) in [6, 6.07) is 68.9. The first-order valence-corrected chi connectivity index (χ1v) is 20.1. The van der Waals surface area contributed by atoms with Crippen molar-refractivity contribution in [3.05, 3.63) is 194 Å². The van der Waals surface area contributed by atoms with Gasteiger partial charge in [0.1, 0.15) is 28.4 Å². The van der Waals surface area contributed by atoms with Gasteiger partial charge in [-0.2, -0.15) is 0 Å². The van der Waals surface area contributed by atoms with Gasteiger partial charge in [-0.05, 0) is 100 Å². The molecule has 0 bridgehead atoms. The average molecular weight is 754 g/mol. The van der Waals surface area contributed by atoms with Gasteiger partial charge in [-0.15, -0.1) is 0 Å². The normalized spacial score (nSPS) is 12.6. The van der Waals surface area contributed by atoms with Crippen molar-refractivity contribution in [1.82, 2.24) is 4.57 Å². The highest BCUT2D eigenvalue weighted by Gasteiger charge is 2.41. The Morgan fingerprint density at radius 2 is 1.03 bits per heavy atom. The monoisotopic (exact) mass is 753 g/mol. The molecule has 5 heteroatoms. The molecule has 9 aromatic carbocycles. The molecule has 0 atom stereocenters. The average Bonchev–Trinajstić information content (AvgIpc) is 3.84. The molecule has 0 fully saturated rings. The number of rotatable bonds is 4. The van der Waals surface area contributed by atoms with Crippen LogP contribution in [0.15, 0.2) is 199 Å². The predicted molar refractivity (Wildman–Crippen MR) is 242 cm³/mol. The second kappa shape index (κ2) is 12.4. The number of furan rings is 1. The summed E-state index contributed by atoms with van der Waals surface area (Å²) >= 11 is 0. The van der Waals surface area contributed by atoms with Gasteiger partial charge >= 0.3 is 6.92 Å². The van der Waals surface area contributed by atoms with Crippen LogP contribution < -0.4 is 20.3 Å². The summed E-state index contributed by atoms with van der Waals surface area (Å²) in [6.07, 6.45) is 0. The predicted octanol–water partition coefficient (Wildman–Crippen LogP) is 13.0. The summed E-state index contributed by atoms with van der Waals surface area (Å²) in [7, 11) is 0. The Morgan fingerprint density at radius 1 is 0.373 bits per heavy atom. The third kappa shape index (κ3) is 4.85. The summed E-state index contributed by atoms with van der Waals surface area (Å²) in [5.74, 6) is 2.49. The van der Waals surface area contributed by atoms with Crippen LogP contribution in [-0.4, -0.2) is 11.5 Å². The van der Waals surface area contributed by atoms with Crippen molar-refractivity contribution in [1.29, 1.82) is 0 Å². The minimum Gasteiger partial charge on any atom is -0.551 e. The molecule has 0 aliphatic carbocycles. The van der Waals surface area contributed by atoms with Gasteiger partial charge in [-0.25, -0.2) is 0 Å². The number of hydrogen-bond donors (Lipinski definition) is 0. The van der Waals surface area contributed by atoms with E-state index in [0.717, 1.165) is 100 Å². The molecule has 0 radical (unpaired) electrons. The molecule has 274 valence electrons. The molecule has 0 saturated heterocycles. The SMILES string of the molecule is c1cc(-c2cc3c4c(c2)-c2ccccc2OB4c2cc(-c4ccccc4-n4c5ccccc5c5ccccc54)ccc2O3)cc(-c2ccc3oc4ccccc4c3c2)c1. The van der Waals surface area contributed by atoms with E-state index in [-0.39, 0.29) is 6.92 Å². The van der Waals surface area contributed by atoms with Crippen LogP contribution in [0.25, 0.3) is 93.9 Å². The Labute approximate surface area is 340 Å². The number of nitrogens with zero attached hydrogens (tertiary/aromatic N) is 1. The molecule has 11 aromatic rings. The fraction of sp³-hybridized carbons (Fsp3) is 0. The summed E-state index contributed by atoms with van der Waals surface area (Å²) in [5, 5.41) is 4.73. The number of fused-ring (bicyclic) bond motifs is 10. The lowest BCUT2D eigenvalue weighted by Crippen LogP contribution is -2.53. The number of aromatic nitrogens is 1. The van der Waals surface area contributed by atoms with Gasteiger partial charge in [0, 0.05) is 43.6 Å². The number of benzene rings is 9. The van der Waals surface area contributed by atoms with E-state index in [1.165, 1.54) is 21.8 Å². The number of ether oxygens (including phenoxy) is 1. The first kappa shape index (κ1) is 32.3. The molecule has 0 amide bonds. The molecule has 0 unspecified atom stereocenters. The van der Waals surface area contributed by atoms with Crippen molar-refractivity contribution in [3.63, 3.8) is 0 Å². The van der Waals surface area contributed by atoms with Crippen LogP contribution in [-0.2, 0) is 0 Å². The van der Waals surface area contributed by atoms with Crippen LogP contribution in [0.5, 0.6) is 17.2 Å². The van der Waals surface area contributed by atoms with Gasteiger partial charge in [0.15, 0.2) is 0 Å². The first-order valence-electron chi connectivity index (χ1n) is 20.1. The Hall–Kier alpha value is -7.76. The van der Waals surface area contributed by atoms with Gasteiger partial charge in [-0.3, -0.25) is 0 Å². The lowest BCUT2D eigenvalue weighted by atomic mass is 9.50. The second-order valence-corrected chi connectivity index (χ2v) is 15.6. The van der Waals surface area contributed by atoms with Gasteiger partial charge in [0.2, 0.25) is 0 Å². The van der Waals surface area contributed by atoms with E-state index in [0.29, 0.717) is 0 Å². The molecule has 2 aliphatic rings. The van der Waals surface area contributed by atoms with Crippen LogP contribution >= 0.6 is 0 Å². The highest BCUT2D eigenvalue weighted by molar-refractivity contribution is 6.84. The van der Waals surface area contributed by atoms with Gasteiger partial charge in [-0.1, -0.05) is 127 Å². The molecule has 2 aromatic heterocycles. The maximum absolute atomic E-state index is 6.96. The molecule has 59 heavy (non-hydrogen) atoms. The van der Waals surface area contributed by atoms with Gasteiger partial charge in [0.05, 0.1) is 16.7 Å². The molecule has 2 aliphatic heterocycles. The number of hydrogen-bond acceptors (Lipinski definition) is 3. The molecule has 0 saturated carbocycles. The summed E-state index contributed by atoms with van der Waals surface area (Å²) < 4.78 is 22.4. The van der Waals surface area contributed by atoms with Crippen molar-refractivity contribution in [2.75, 3.05) is 0 Å². The van der Waals surface area contributed by atoms with Crippen LogP contribution in [0, 0.1) is 0 Å². The molecule has 0 N–H and O–H groups in total. The van der Waals surface area contributed by atoms with Crippen molar-refractivity contribution < 1.29 is 13.8 Å². The fourth-order valence-electron chi connectivity index (χ4n) is 9.58. The highest BCUT2D eigenvalue weighted by Crippen LogP contribution is 2.43. The third-order valence-corrected chi connectivity index (χ3v) is 12.3. The van der Waals surface area contributed by atoms with Crippen molar-refractivity contribution >= 4 is 61.6 Å². The molecule has 0 spiro atoms. The summed E-state index contributed by atoms with van der Waals surface area (Å²) in [4.78, 5) is 0. The van der Waals surface area contributed by atoms with E-state index in [2.05, 4.69) is 187 Å². The number of para-hydroxylation sites is 5. The van der Waals surface area contributed by atoms with E-state index >= 15 is 0 Å². The van der Waals surface area contributed by atoms with E-state index in [4.69, 9.17) is 13.8 Å². The fourth-order valence-corrected chi connectivity index (χ4v) is 9.58. The van der Waals surface area contributed by atoms with E-state index in [1.54, 1.807) is 0 Å². The second-order valence-electron chi connectivity index (χ2n) is 15.6. The zero-order valence-corrected chi connectivity index (χ0v) is 31.7.